The third kappa shape index (κ3) is 5.44. The molecule has 1 atom stereocenters. The molecule has 36 heavy (non-hydrogen) atoms. The molecule has 5 N–H and O–H groups in total. The first-order valence-corrected chi connectivity index (χ1v) is 12.3. The van der Waals surface area contributed by atoms with E-state index >= 15 is 0 Å². The van der Waals surface area contributed by atoms with Gasteiger partial charge in [0.25, 0.3) is 11.8 Å². The minimum absolute atomic E-state index is 0.0545. The van der Waals surface area contributed by atoms with Crippen molar-refractivity contribution in [1.29, 1.82) is 5.41 Å². The number of amides is 3. The highest BCUT2D eigenvalue weighted by Gasteiger charge is 2.29. The van der Waals surface area contributed by atoms with Crippen LogP contribution in [0.2, 0.25) is 0 Å². The van der Waals surface area contributed by atoms with Crippen molar-refractivity contribution < 1.29 is 18.8 Å². The standard InChI is InChI=1S/C26H26FN5O3S/c1-2-20(31-24(33)15-8-9-19(28)18(12-15)23(27)29)26(35)32-11-10-21-16(14-32)13-22(36-21)25(34)30-17-6-4-3-5-7-17/h3-9,12-13,20,29H,2,10-11,14,28H2,1H3,(H,30,34)(H,31,33)/t20-/m1/s1. The molecule has 3 amide bonds. The summed E-state index contributed by atoms with van der Waals surface area (Å²) in [7, 11) is 0. The molecular formula is C26H26FN5O3S. The molecule has 3 aromatic rings. The second-order valence-electron chi connectivity index (χ2n) is 8.44. The maximum atomic E-state index is 13.4. The average Bonchev–Trinajstić information content (AvgIpc) is 3.31. The number of nitrogens with two attached hydrogens (primary N) is 1. The normalized spacial score (nSPS) is 13.4. The van der Waals surface area contributed by atoms with Crippen LogP contribution < -0.4 is 16.4 Å². The summed E-state index contributed by atoms with van der Waals surface area (Å²) in [5, 5.41) is 12.8. The van der Waals surface area contributed by atoms with Crippen molar-refractivity contribution in [3.8, 4) is 0 Å². The van der Waals surface area contributed by atoms with Crippen molar-refractivity contribution in [2.45, 2.75) is 32.4 Å². The van der Waals surface area contributed by atoms with Crippen molar-refractivity contribution in [2.75, 3.05) is 17.6 Å². The summed E-state index contributed by atoms with van der Waals surface area (Å²) in [6.45, 7) is 2.62. The second kappa shape index (κ2) is 10.7. The van der Waals surface area contributed by atoms with E-state index in [2.05, 4.69) is 10.6 Å². The molecule has 0 bridgehead atoms. The highest BCUT2D eigenvalue weighted by Crippen LogP contribution is 2.29. The van der Waals surface area contributed by atoms with Crippen LogP contribution in [0.5, 0.6) is 0 Å². The number of carbonyl (C=O) groups is 3. The summed E-state index contributed by atoms with van der Waals surface area (Å²) in [4.78, 5) is 42.0. The Labute approximate surface area is 211 Å². The molecule has 10 heteroatoms. The summed E-state index contributed by atoms with van der Waals surface area (Å²) in [6.07, 6.45) is 0.984. The van der Waals surface area contributed by atoms with Gasteiger partial charge in [-0.05, 0) is 54.8 Å². The first-order valence-electron chi connectivity index (χ1n) is 11.5. The Balaban J connectivity index is 1.42. The number of halogens is 1. The summed E-state index contributed by atoms with van der Waals surface area (Å²) in [6, 6.07) is 14.2. The summed E-state index contributed by atoms with van der Waals surface area (Å²) in [5.41, 5.74) is 7.29. The predicted molar refractivity (Wildman–Crippen MR) is 138 cm³/mol. The summed E-state index contributed by atoms with van der Waals surface area (Å²) >= 11 is 1.43. The fourth-order valence-electron chi connectivity index (χ4n) is 4.04. The molecule has 8 nitrogen and oxygen atoms in total. The number of nitrogens with one attached hydrogen (secondary N) is 3. The Kier molecular flexibility index (Phi) is 7.44. The van der Waals surface area contributed by atoms with Gasteiger partial charge in [0.2, 0.25) is 11.9 Å². The monoisotopic (exact) mass is 507 g/mol. The number of hydrogen-bond donors (Lipinski definition) is 4. The van der Waals surface area contributed by atoms with Gasteiger partial charge in [0, 0.05) is 34.9 Å². The van der Waals surface area contributed by atoms with Crippen LogP contribution in [0.15, 0.2) is 54.6 Å². The van der Waals surface area contributed by atoms with Crippen molar-refractivity contribution in [1.82, 2.24) is 10.2 Å². The zero-order chi connectivity index (χ0) is 25.8. The molecule has 1 aromatic heterocycles. The predicted octanol–water partition coefficient (Wildman–Crippen LogP) is 3.97. The lowest BCUT2D eigenvalue weighted by Crippen LogP contribution is -2.49. The number of nitrogen functional groups attached to an aromatic ring is 1. The molecule has 2 heterocycles. The van der Waals surface area contributed by atoms with Crippen molar-refractivity contribution in [3.05, 3.63) is 81.0 Å². The molecule has 2 aromatic carbocycles. The van der Waals surface area contributed by atoms with Crippen molar-refractivity contribution in [3.63, 3.8) is 0 Å². The molecule has 0 radical (unpaired) electrons. The van der Waals surface area contributed by atoms with Gasteiger partial charge in [-0.25, -0.2) is 0 Å². The number of thiophene rings is 1. The van der Waals surface area contributed by atoms with E-state index < -0.39 is 17.9 Å². The third-order valence-electron chi connectivity index (χ3n) is 6.00. The molecule has 1 aliphatic heterocycles. The molecule has 4 rings (SSSR count). The van der Waals surface area contributed by atoms with Crippen LogP contribution in [0, 0.1) is 5.41 Å². The fraction of sp³-hybridized carbons (Fsp3) is 0.231. The Morgan fingerprint density at radius 2 is 1.89 bits per heavy atom. The van der Waals surface area contributed by atoms with E-state index in [9.17, 15) is 18.8 Å². The van der Waals surface area contributed by atoms with Gasteiger partial charge < -0.3 is 21.3 Å². The van der Waals surface area contributed by atoms with Crippen molar-refractivity contribution in [2.24, 2.45) is 0 Å². The number of fused-ring (bicyclic) bond motifs is 1. The van der Waals surface area contributed by atoms with Crippen LogP contribution in [-0.2, 0) is 17.8 Å². The number of anilines is 2. The van der Waals surface area contributed by atoms with Gasteiger partial charge in [0.05, 0.1) is 10.4 Å². The molecule has 186 valence electrons. The number of benzene rings is 2. The zero-order valence-corrected chi connectivity index (χ0v) is 20.5. The quantitative estimate of drug-likeness (QED) is 0.285. The summed E-state index contributed by atoms with van der Waals surface area (Å²) in [5.74, 6) is -2.21. The lowest BCUT2D eigenvalue weighted by Gasteiger charge is -2.30. The van der Waals surface area contributed by atoms with Gasteiger partial charge in [0.15, 0.2) is 0 Å². The molecular weight excluding hydrogens is 481 g/mol. The molecule has 0 saturated heterocycles. The number of para-hydroxylation sites is 1. The third-order valence-corrected chi connectivity index (χ3v) is 7.23. The number of nitrogens with zero attached hydrogens (tertiary/aromatic N) is 1. The lowest BCUT2D eigenvalue weighted by atomic mass is 10.1. The van der Waals surface area contributed by atoms with Crippen LogP contribution in [0.4, 0.5) is 15.8 Å². The maximum Gasteiger partial charge on any atom is 0.265 e. The van der Waals surface area contributed by atoms with Crippen LogP contribution >= 0.6 is 11.3 Å². The fourth-order valence-corrected chi connectivity index (χ4v) is 5.09. The molecule has 1 aliphatic rings. The SMILES string of the molecule is CC[C@@H](NC(=O)c1ccc(N)c(C(=N)F)c1)C(=O)N1CCc2sc(C(=O)Nc3ccccc3)cc2C1. The lowest BCUT2D eigenvalue weighted by molar-refractivity contribution is -0.134. The zero-order valence-electron chi connectivity index (χ0n) is 19.6. The Bertz CT molecular complexity index is 1320. The number of rotatable bonds is 7. The van der Waals surface area contributed by atoms with E-state index in [0.717, 1.165) is 10.4 Å². The topological polar surface area (TPSA) is 128 Å². The Morgan fingerprint density at radius 3 is 2.58 bits per heavy atom. The molecule has 0 unspecified atom stereocenters. The highest BCUT2D eigenvalue weighted by atomic mass is 32.1. The minimum atomic E-state index is -1.23. The second-order valence-corrected chi connectivity index (χ2v) is 9.58. The molecule has 0 aliphatic carbocycles. The van der Waals surface area contributed by atoms with E-state index in [1.165, 1.54) is 29.5 Å². The first kappa shape index (κ1) is 25.1. The number of hydrogen-bond acceptors (Lipinski definition) is 6. The molecule has 0 fully saturated rings. The Hall–Kier alpha value is -4.05. The average molecular weight is 508 g/mol. The smallest absolute Gasteiger partial charge is 0.265 e. The molecule has 0 spiro atoms. The van der Waals surface area contributed by atoms with Crippen molar-refractivity contribution >= 4 is 46.4 Å². The number of carbonyl (C=O) groups excluding carboxylic acids is 3. The van der Waals surface area contributed by atoms with Gasteiger partial charge in [-0.15, -0.1) is 11.3 Å². The van der Waals surface area contributed by atoms with Gasteiger partial charge in [0.1, 0.15) is 6.04 Å². The van der Waals surface area contributed by atoms with Crippen LogP contribution in [0.3, 0.4) is 0 Å². The van der Waals surface area contributed by atoms with Crippen LogP contribution in [-0.4, -0.2) is 41.2 Å². The highest BCUT2D eigenvalue weighted by molar-refractivity contribution is 7.14. The van der Waals surface area contributed by atoms with Crippen LogP contribution in [0.25, 0.3) is 0 Å². The minimum Gasteiger partial charge on any atom is -0.398 e. The van der Waals surface area contributed by atoms with Gasteiger partial charge in [-0.1, -0.05) is 25.1 Å². The van der Waals surface area contributed by atoms with Crippen LogP contribution in [0.1, 0.15) is 49.4 Å². The Morgan fingerprint density at radius 1 is 1.14 bits per heavy atom. The van der Waals surface area contributed by atoms with E-state index in [0.29, 0.717) is 36.5 Å². The maximum absolute atomic E-state index is 13.4. The van der Waals surface area contributed by atoms with Gasteiger partial charge >= 0.3 is 0 Å². The van der Waals surface area contributed by atoms with E-state index in [1.807, 2.05) is 36.4 Å². The molecule has 0 saturated carbocycles. The van der Waals surface area contributed by atoms with Gasteiger partial charge in [-0.3, -0.25) is 19.8 Å². The first-order chi connectivity index (χ1) is 17.3. The summed E-state index contributed by atoms with van der Waals surface area (Å²) < 4.78 is 13.4. The van der Waals surface area contributed by atoms with E-state index in [-0.39, 0.29) is 28.6 Å². The van der Waals surface area contributed by atoms with E-state index in [4.69, 9.17) is 11.1 Å². The van der Waals surface area contributed by atoms with Gasteiger partial charge in [-0.2, -0.15) is 4.39 Å². The largest absolute Gasteiger partial charge is 0.398 e. The van der Waals surface area contributed by atoms with E-state index in [1.54, 1.807) is 11.8 Å².